The van der Waals surface area contributed by atoms with Gasteiger partial charge < -0.3 is 20.3 Å². The molecule has 0 aliphatic rings. The van der Waals surface area contributed by atoms with Crippen LogP contribution in [-0.4, -0.2) is 46.9 Å². The molecule has 0 aliphatic carbocycles. The molecule has 53 heavy (non-hydrogen) atoms. The minimum atomic E-state index is -0.800. The van der Waals surface area contributed by atoms with Crippen LogP contribution in [0.4, 0.5) is 0 Å². The SMILES string of the molecule is CC\C=C/C=C/C=C/C=C\C=C\C=C\CCCCCC(=O)OC(CCCCC/C=C\CCC)CC(=O)NC(CO)C(O)CCCCCCCCCCC. The summed E-state index contributed by atoms with van der Waals surface area (Å²) in [5.74, 6) is -0.558. The van der Waals surface area contributed by atoms with E-state index in [4.69, 9.17) is 4.74 Å². The van der Waals surface area contributed by atoms with E-state index in [1.54, 1.807) is 0 Å². The van der Waals surface area contributed by atoms with Crippen LogP contribution in [0.3, 0.4) is 0 Å². The van der Waals surface area contributed by atoms with Crippen LogP contribution in [0.25, 0.3) is 0 Å². The summed E-state index contributed by atoms with van der Waals surface area (Å²) < 4.78 is 5.84. The molecule has 6 heteroatoms. The standard InChI is InChI=1S/C47H79NO5/c1-4-7-10-13-16-19-20-21-22-23-24-25-26-28-31-34-37-40-47(52)53-43(38-35-32-29-18-15-12-9-6-3)41-46(51)48-44(42-49)45(50)39-36-33-30-27-17-14-11-8-5-2/h7,10,12-13,15-16,19-26,43-45,49-50H,4-6,8-9,11,14,17-18,27-42H2,1-3H3,(H,48,51)/b10-7-,15-12-,16-13+,20-19+,22-21-,24-23+,26-25+. The van der Waals surface area contributed by atoms with Crippen molar-refractivity contribution in [2.24, 2.45) is 0 Å². The fourth-order valence-corrected chi connectivity index (χ4v) is 5.87. The van der Waals surface area contributed by atoms with E-state index in [0.717, 1.165) is 89.9 Å². The zero-order valence-electron chi connectivity index (χ0n) is 34.1. The molecule has 0 saturated heterocycles. The third-order valence-electron chi connectivity index (χ3n) is 9.10. The molecule has 0 aromatic heterocycles. The van der Waals surface area contributed by atoms with Crippen LogP contribution >= 0.6 is 0 Å². The minimum Gasteiger partial charge on any atom is -0.462 e. The van der Waals surface area contributed by atoms with Crippen LogP contribution in [0, 0.1) is 0 Å². The molecule has 0 heterocycles. The van der Waals surface area contributed by atoms with Crippen molar-refractivity contribution in [3.63, 3.8) is 0 Å². The summed E-state index contributed by atoms with van der Waals surface area (Å²) in [4.78, 5) is 25.8. The molecule has 0 radical (unpaired) electrons. The fraction of sp³-hybridized carbons (Fsp3) is 0.660. The van der Waals surface area contributed by atoms with Gasteiger partial charge in [0.1, 0.15) is 6.10 Å². The van der Waals surface area contributed by atoms with Gasteiger partial charge in [-0.3, -0.25) is 9.59 Å². The van der Waals surface area contributed by atoms with Gasteiger partial charge in [0.15, 0.2) is 0 Å². The molecule has 0 spiro atoms. The first-order valence-electron chi connectivity index (χ1n) is 21.4. The highest BCUT2D eigenvalue weighted by molar-refractivity contribution is 5.77. The molecular weight excluding hydrogens is 659 g/mol. The molecule has 6 nitrogen and oxygen atoms in total. The Balaban J connectivity index is 4.64. The summed E-state index contributed by atoms with van der Waals surface area (Å²) in [6.07, 6.45) is 50.8. The fourth-order valence-electron chi connectivity index (χ4n) is 5.87. The van der Waals surface area contributed by atoms with Gasteiger partial charge in [-0.2, -0.15) is 0 Å². The van der Waals surface area contributed by atoms with Crippen molar-refractivity contribution < 1.29 is 24.5 Å². The summed E-state index contributed by atoms with van der Waals surface area (Å²) in [6, 6.07) is -0.716. The predicted octanol–water partition coefficient (Wildman–Crippen LogP) is 12.1. The molecule has 302 valence electrons. The number of hydrogen-bond donors (Lipinski definition) is 3. The van der Waals surface area contributed by atoms with E-state index in [0.29, 0.717) is 19.3 Å². The first-order valence-corrected chi connectivity index (χ1v) is 21.4. The average Bonchev–Trinajstić information content (AvgIpc) is 3.15. The lowest BCUT2D eigenvalue weighted by Gasteiger charge is -2.24. The largest absolute Gasteiger partial charge is 0.462 e. The lowest BCUT2D eigenvalue weighted by atomic mass is 10.0. The Morgan fingerprint density at radius 2 is 1.08 bits per heavy atom. The molecule has 0 aromatic carbocycles. The quantitative estimate of drug-likeness (QED) is 0.0257. The number of allylic oxidation sites excluding steroid dienone is 14. The summed E-state index contributed by atoms with van der Waals surface area (Å²) in [5.41, 5.74) is 0. The molecule has 0 saturated carbocycles. The lowest BCUT2D eigenvalue weighted by molar-refractivity contribution is -0.151. The zero-order chi connectivity index (χ0) is 38.9. The van der Waals surface area contributed by atoms with Gasteiger partial charge in [-0.1, -0.05) is 183 Å². The van der Waals surface area contributed by atoms with Gasteiger partial charge >= 0.3 is 5.97 Å². The Morgan fingerprint density at radius 3 is 1.68 bits per heavy atom. The maximum absolute atomic E-state index is 13.0. The number of aliphatic hydroxyl groups is 2. The number of nitrogens with one attached hydrogen (secondary N) is 1. The number of unbranched alkanes of at least 4 members (excludes halogenated alkanes) is 15. The number of esters is 1. The molecule has 1 amide bonds. The molecule has 0 rings (SSSR count). The van der Waals surface area contributed by atoms with Gasteiger partial charge in [-0.05, 0) is 64.2 Å². The molecule has 0 aromatic rings. The van der Waals surface area contributed by atoms with Gasteiger partial charge in [0.2, 0.25) is 5.91 Å². The Bertz CT molecular complexity index is 1050. The molecular formula is C47H79NO5. The number of aliphatic hydroxyl groups excluding tert-OH is 2. The van der Waals surface area contributed by atoms with E-state index in [1.165, 1.54) is 38.5 Å². The van der Waals surface area contributed by atoms with Crippen molar-refractivity contribution >= 4 is 11.9 Å². The second kappa shape index (κ2) is 40.2. The van der Waals surface area contributed by atoms with Crippen molar-refractivity contribution in [3.8, 4) is 0 Å². The highest BCUT2D eigenvalue weighted by Crippen LogP contribution is 2.16. The van der Waals surface area contributed by atoms with E-state index in [2.05, 4.69) is 50.4 Å². The van der Waals surface area contributed by atoms with Crippen LogP contribution < -0.4 is 5.32 Å². The lowest BCUT2D eigenvalue weighted by Crippen LogP contribution is -2.46. The van der Waals surface area contributed by atoms with Crippen LogP contribution in [0.2, 0.25) is 0 Å². The van der Waals surface area contributed by atoms with Crippen LogP contribution in [0.1, 0.15) is 175 Å². The van der Waals surface area contributed by atoms with Gasteiger partial charge in [0.25, 0.3) is 0 Å². The van der Waals surface area contributed by atoms with E-state index in [9.17, 15) is 19.8 Å². The van der Waals surface area contributed by atoms with Crippen molar-refractivity contribution in [2.45, 2.75) is 193 Å². The normalized spacial score (nSPS) is 14.3. The van der Waals surface area contributed by atoms with Crippen molar-refractivity contribution in [1.29, 1.82) is 0 Å². The van der Waals surface area contributed by atoms with Crippen LogP contribution in [-0.2, 0) is 14.3 Å². The average molecular weight is 738 g/mol. The van der Waals surface area contributed by atoms with E-state index >= 15 is 0 Å². The smallest absolute Gasteiger partial charge is 0.306 e. The van der Waals surface area contributed by atoms with Gasteiger partial charge in [0, 0.05) is 6.42 Å². The monoisotopic (exact) mass is 738 g/mol. The molecule has 3 atom stereocenters. The maximum Gasteiger partial charge on any atom is 0.306 e. The summed E-state index contributed by atoms with van der Waals surface area (Å²) >= 11 is 0. The first-order chi connectivity index (χ1) is 26.0. The number of carbonyl (C=O) groups is 2. The number of amides is 1. The topological polar surface area (TPSA) is 95.9 Å². The van der Waals surface area contributed by atoms with Gasteiger partial charge in [-0.15, -0.1) is 0 Å². The Morgan fingerprint density at radius 1 is 0.566 bits per heavy atom. The number of rotatable bonds is 36. The van der Waals surface area contributed by atoms with E-state index < -0.39 is 18.2 Å². The third-order valence-corrected chi connectivity index (χ3v) is 9.10. The van der Waals surface area contributed by atoms with E-state index in [-0.39, 0.29) is 24.9 Å². The highest BCUT2D eigenvalue weighted by Gasteiger charge is 2.24. The highest BCUT2D eigenvalue weighted by atomic mass is 16.5. The third kappa shape index (κ3) is 35.8. The van der Waals surface area contributed by atoms with Crippen LogP contribution in [0.5, 0.6) is 0 Å². The van der Waals surface area contributed by atoms with Crippen molar-refractivity contribution in [1.82, 2.24) is 5.32 Å². The summed E-state index contributed by atoms with van der Waals surface area (Å²) in [5, 5.41) is 23.5. The minimum absolute atomic E-state index is 0.0425. The number of ether oxygens (including phenoxy) is 1. The molecule has 3 unspecified atom stereocenters. The second-order valence-electron chi connectivity index (χ2n) is 14.2. The first kappa shape index (κ1) is 50.0. The Labute approximate surface area is 325 Å². The molecule has 0 bridgehead atoms. The molecule has 3 N–H and O–H groups in total. The van der Waals surface area contributed by atoms with Crippen molar-refractivity contribution in [2.75, 3.05) is 6.61 Å². The predicted molar refractivity (Wildman–Crippen MR) is 227 cm³/mol. The Hall–Kier alpha value is -2.96. The molecule has 0 fully saturated rings. The van der Waals surface area contributed by atoms with Gasteiger partial charge in [-0.25, -0.2) is 0 Å². The Kier molecular flexibility index (Phi) is 38.0. The second-order valence-corrected chi connectivity index (χ2v) is 14.2. The number of hydrogen-bond acceptors (Lipinski definition) is 5. The summed E-state index contributed by atoms with van der Waals surface area (Å²) in [7, 11) is 0. The van der Waals surface area contributed by atoms with Crippen molar-refractivity contribution in [3.05, 3.63) is 85.1 Å². The van der Waals surface area contributed by atoms with E-state index in [1.807, 2.05) is 60.8 Å². The zero-order valence-corrected chi connectivity index (χ0v) is 34.1. The number of carbonyl (C=O) groups excluding carboxylic acids is 2. The molecule has 0 aliphatic heterocycles. The van der Waals surface area contributed by atoms with Gasteiger partial charge in [0.05, 0.1) is 25.2 Å². The van der Waals surface area contributed by atoms with Crippen LogP contribution in [0.15, 0.2) is 85.1 Å². The summed E-state index contributed by atoms with van der Waals surface area (Å²) in [6.45, 7) is 6.20. The maximum atomic E-state index is 13.0.